The molecule has 30 heavy (non-hydrogen) atoms. The summed E-state index contributed by atoms with van der Waals surface area (Å²) in [6, 6.07) is 20.2. The van der Waals surface area contributed by atoms with Crippen LogP contribution in [0.2, 0.25) is 0 Å². The first-order chi connectivity index (χ1) is 14.5. The third-order valence-electron chi connectivity index (χ3n) is 5.04. The predicted molar refractivity (Wildman–Crippen MR) is 113 cm³/mol. The number of amides is 1. The van der Waals surface area contributed by atoms with Crippen molar-refractivity contribution >= 4 is 23.3 Å². The fourth-order valence-electron chi connectivity index (χ4n) is 3.58. The highest BCUT2D eigenvalue weighted by Crippen LogP contribution is 2.41. The lowest BCUT2D eigenvalue weighted by Gasteiger charge is -2.24. The van der Waals surface area contributed by atoms with E-state index in [1.54, 1.807) is 67.8 Å². The maximum Gasteiger partial charge on any atom is 0.301 e. The average Bonchev–Trinajstić information content (AvgIpc) is 3.04. The van der Waals surface area contributed by atoms with E-state index in [4.69, 9.17) is 4.74 Å². The molecule has 0 radical (unpaired) electrons. The molecular formula is C24H20N2O4. The Bertz CT molecular complexity index is 1140. The highest BCUT2D eigenvalue weighted by Gasteiger charge is 2.47. The summed E-state index contributed by atoms with van der Waals surface area (Å²) in [4.78, 5) is 31.8. The summed E-state index contributed by atoms with van der Waals surface area (Å²) in [5.41, 5.74) is 1.87. The van der Waals surface area contributed by atoms with Gasteiger partial charge >= 0.3 is 5.91 Å². The van der Waals surface area contributed by atoms with Crippen LogP contribution in [-0.2, 0) is 9.59 Å². The van der Waals surface area contributed by atoms with Crippen molar-refractivity contribution in [1.82, 2.24) is 4.98 Å². The Morgan fingerprint density at radius 2 is 1.67 bits per heavy atom. The standard InChI is InChI=1S/C24H20N2O4/c1-15-7-6-10-19(25-15)26-21(16-11-13-18(30-2)14-12-16)20(23(28)24(26)29)22(27)17-8-4-3-5-9-17/h3-14,21,27H,1-2H3/b22-20+. The third-order valence-corrected chi connectivity index (χ3v) is 5.04. The lowest BCUT2D eigenvalue weighted by Crippen LogP contribution is -2.30. The molecule has 1 fully saturated rings. The van der Waals surface area contributed by atoms with Crippen molar-refractivity contribution in [2.75, 3.05) is 12.0 Å². The zero-order chi connectivity index (χ0) is 21.3. The van der Waals surface area contributed by atoms with Crippen molar-refractivity contribution in [2.24, 2.45) is 0 Å². The summed E-state index contributed by atoms with van der Waals surface area (Å²) in [7, 11) is 1.56. The summed E-state index contributed by atoms with van der Waals surface area (Å²) in [5, 5.41) is 11.0. The van der Waals surface area contributed by atoms with Crippen molar-refractivity contribution < 1.29 is 19.4 Å². The minimum atomic E-state index is -0.814. The number of ether oxygens (including phenoxy) is 1. The minimum absolute atomic E-state index is 0.0275. The van der Waals surface area contributed by atoms with Gasteiger partial charge in [0, 0.05) is 11.3 Å². The van der Waals surface area contributed by atoms with Gasteiger partial charge < -0.3 is 9.84 Å². The van der Waals surface area contributed by atoms with E-state index in [1.807, 2.05) is 19.1 Å². The summed E-state index contributed by atoms with van der Waals surface area (Å²) in [6.07, 6.45) is 0. The maximum absolute atomic E-state index is 13.0. The number of Topliss-reactive ketones (excluding diaryl/α,β-unsaturated/α-hetero) is 1. The van der Waals surface area contributed by atoms with E-state index >= 15 is 0 Å². The molecule has 1 aromatic heterocycles. The van der Waals surface area contributed by atoms with Crippen molar-refractivity contribution in [3.05, 3.63) is 95.2 Å². The van der Waals surface area contributed by atoms with Gasteiger partial charge in [-0.25, -0.2) is 4.98 Å². The van der Waals surface area contributed by atoms with E-state index in [1.165, 1.54) is 4.90 Å². The van der Waals surface area contributed by atoms with E-state index in [0.29, 0.717) is 28.4 Å². The topological polar surface area (TPSA) is 79.7 Å². The lowest BCUT2D eigenvalue weighted by molar-refractivity contribution is -0.132. The second kappa shape index (κ2) is 7.83. The number of carbonyl (C=O) groups is 2. The summed E-state index contributed by atoms with van der Waals surface area (Å²) >= 11 is 0. The van der Waals surface area contributed by atoms with Crippen LogP contribution in [0, 0.1) is 6.92 Å². The molecule has 1 aliphatic rings. The van der Waals surface area contributed by atoms with E-state index in [0.717, 1.165) is 0 Å². The van der Waals surface area contributed by atoms with Crippen LogP contribution in [0.3, 0.4) is 0 Å². The molecule has 1 atom stereocenters. The average molecular weight is 400 g/mol. The minimum Gasteiger partial charge on any atom is -0.507 e. The SMILES string of the molecule is COc1ccc(C2/C(=C(\O)c3ccccc3)C(=O)C(=O)N2c2cccc(C)n2)cc1. The van der Waals surface area contributed by atoms with Crippen molar-refractivity contribution in [3.8, 4) is 5.75 Å². The van der Waals surface area contributed by atoms with Crippen LogP contribution in [0.25, 0.3) is 5.76 Å². The molecule has 1 amide bonds. The van der Waals surface area contributed by atoms with Crippen LogP contribution < -0.4 is 9.64 Å². The van der Waals surface area contributed by atoms with Crippen LogP contribution in [0.1, 0.15) is 22.9 Å². The number of aliphatic hydroxyl groups is 1. The Morgan fingerprint density at radius 1 is 0.967 bits per heavy atom. The first-order valence-electron chi connectivity index (χ1n) is 9.45. The fourth-order valence-corrected chi connectivity index (χ4v) is 3.58. The number of aliphatic hydroxyl groups excluding tert-OH is 1. The monoisotopic (exact) mass is 400 g/mol. The van der Waals surface area contributed by atoms with Crippen LogP contribution in [0.15, 0.2) is 78.4 Å². The summed E-state index contributed by atoms with van der Waals surface area (Å²) in [6.45, 7) is 1.81. The molecule has 6 heteroatoms. The molecule has 2 aromatic carbocycles. The van der Waals surface area contributed by atoms with Gasteiger partial charge in [-0.3, -0.25) is 14.5 Å². The first kappa shape index (κ1) is 19.4. The number of hydrogen-bond donors (Lipinski definition) is 1. The Kier molecular flexibility index (Phi) is 5.06. The number of carbonyl (C=O) groups excluding carboxylic acids is 2. The third kappa shape index (κ3) is 3.33. The first-order valence-corrected chi connectivity index (χ1v) is 9.45. The number of nitrogens with zero attached hydrogens (tertiary/aromatic N) is 2. The fraction of sp³-hybridized carbons (Fsp3) is 0.125. The number of methoxy groups -OCH3 is 1. The lowest BCUT2D eigenvalue weighted by atomic mass is 9.95. The molecule has 1 saturated heterocycles. The highest BCUT2D eigenvalue weighted by molar-refractivity contribution is 6.51. The molecule has 2 heterocycles. The Hall–Kier alpha value is -3.93. The highest BCUT2D eigenvalue weighted by atomic mass is 16.5. The number of rotatable bonds is 4. The van der Waals surface area contributed by atoms with Crippen molar-refractivity contribution in [2.45, 2.75) is 13.0 Å². The van der Waals surface area contributed by atoms with Gasteiger partial charge in [0.15, 0.2) is 0 Å². The molecule has 6 nitrogen and oxygen atoms in total. The van der Waals surface area contributed by atoms with Crippen molar-refractivity contribution in [1.29, 1.82) is 0 Å². The second-order valence-electron chi connectivity index (χ2n) is 6.95. The number of hydrogen-bond acceptors (Lipinski definition) is 5. The smallest absolute Gasteiger partial charge is 0.301 e. The molecule has 0 bridgehead atoms. The molecular weight excluding hydrogens is 380 g/mol. The predicted octanol–water partition coefficient (Wildman–Crippen LogP) is 4.02. The second-order valence-corrected chi connectivity index (χ2v) is 6.95. The van der Waals surface area contributed by atoms with Gasteiger partial charge in [0.05, 0.1) is 18.7 Å². The number of benzene rings is 2. The molecule has 1 N–H and O–H groups in total. The van der Waals surface area contributed by atoms with E-state index in [-0.39, 0.29) is 11.3 Å². The molecule has 0 spiro atoms. The Labute approximate surface area is 174 Å². The number of ketones is 1. The zero-order valence-corrected chi connectivity index (χ0v) is 16.6. The molecule has 3 aromatic rings. The number of pyridine rings is 1. The Morgan fingerprint density at radius 3 is 2.30 bits per heavy atom. The van der Waals surface area contributed by atoms with Crippen LogP contribution in [-0.4, -0.2) is 28.9 Å². The van der Waals surface area contributed by atoms with E-state index in [9.17, 15) is 14.7 Å². The summed E-state index contributed by atoms with van der Waals surface area (Å²) in [5.74, 6) is -0.700. The zero-order valence-electron chi connectivity index (χ0n) is 16.6. The van der Waals surface area contributed by atoms with Gasteiger partial charge in [-0.1, -0.05) is 48.5 Å². The van der Waals surface area contributed by atoms with Gasteiger partial charge in [0.25, 0.3) is 5.78 Å². The van der Waals surface area contributed by atoms with Gasteiger partial charge in [-0.2, -0.15) is 0 Å². The van der Waals surface area contributed by atoms with E-state index in [2.05, 4.69) is 4.98 Å². The summed E-state index contributed by atoms with van der Waals surface area (Å²) < 4.78 is 5.22. The Balaban J connectivity index is 1.94. The van der Waals surface area contributed by atoms with Gasteiger partial charge in [0.1, 0.15) is 17.3 Å². The molecule has 150 valence electrons. The van der Waals surface area contributed by atoms with Crippen LogP contribution in [0.5, 0.6) is 5.75 Å². The largest absolute Gasteiger partial charge is 0.507 e. The molecule has 1 unspecified atom stereocenters. The number of anilines is 1. The van der Waals surface area contributed by atoms with Gasteiger partial charge in [-0.15, -0.1) is 0 Å². The van der Waals surface area contributed by atoms with Gasteiger partial charge in [0.2, 0.25) is 0 Å². The normalized spacial score (nSPS) is 17.9. The maximum atomic E-state index is 13.0. The number of aryl methyl sites for hydroxylation is 1. The molecule has 1 aliphatic heterocycles. The van der Waals surface area contributed by atoms with E-state index < -0.39 is 17.7 Å². The molecule has 0 aliphatic carbocycles. The molecule has 4 rings (SSSR count). The van der Waals surface area contributed by atoms with Crippen molar-refractivity contribution in [3.63, 3.8) is 0 Å². The molecule has 0 saturated carbocycles. The van der Waals surface area contributed by atoms with Crippen LogP contribution >= 0.6 is 0 Å². The number of aromatic nitrogens is 1. The van der Waals surface area contributed by atoms with Gasteiger partial charge in [-0.05, 0) is 36.8 Å². The van der Waals surface area contributed by atoms with Crippen LogP contribution in [0.4, 0.5) is 5.82 Å². The quantitative estimate of drug-likeness (QED) is 0.406.